The number of carbonyl (C=O) groups is 2. The third-order valence-corrected chi connectivity index (χ3v) is 3.54. The van der Waals surface area contributed by atoms with Crippen molar-refractivity contribution in [2.24, 2.45) is 0 Å². The largest absolute Gasteiger partial charge is 0.465 e. The lowest BCUT2D eigenvalue weighted by Crippen LogP contribution is -2.11. The fraction of sp³-hybridized carbons (Fsp3) is 0.333. The Morgan fingerprint density at radius 3 is 2.53 bits per heavy atom. The summed E-state index contributed by atoms with van der Waals surface area (Å²) >= 11 is 6.43. The van der Waals surface area contributed by atoms with E-state index in [0.717, 1.165) is 5.56 Å². The second-order valence-electron chi connectivity index (χ2n) is 3.47. The highest BCUT2D eigenvalue weighted by atomic mass is 79.9. The molecule has 0 amide bonds. The molecule has 0 aliphatic heterocycles. The molecule has 0 spiro atoms. The topological polar surface area (TPSA) is 43.4 Å². The highest BCUT2D eigenvalue weighted by Gasteiger charge is 2.14. The molecule has 0 atom stereocenters. The number of hydrogen-bond donors (Lipinski definition) is 0. The van der Waals surface area contributed by atoms with Gasteiger partial charge in [0.2, 0.25) is 0 Å². The van der Waals surface area contributed by atoms with E-state index in [0.29, 0.717) is 16.5 Å². The molecule has 0 saturated heterocycles. The van der Waals surface area contributed by atoms with Crippen LogP contribution in [-0.2, 0) is 21.3 Å². The first-order valence-electron chi connectivity index (χ1n) is 4.96. The molecule has 0 aromatic heterocycles. The zero-order valence-electron chi connectivity index (χ0n) is 9.33. The summed E-state index contributed by atoms with van der Waals surface area (Å²) in [4.78, 5) is 23.0. The van der Waals surface area contributed by atoms with Gasteiger partial charge in [-0.25, -0.2) is 4.79 Å². The Bertz CT molecular complexity index is 430. The molecular formula is C12H12Br2O3. The van der Waals surface area contributed by atoms with Gasteiger partial charge in [0.25, 0.3) is 0 Å². The van der Waals surface area contributed by atoms with E-state index < -0.39 is 5.97 Å². The summed E-state index contributed by atoms with van der Waals surface area (Å²) in [5, 5.41) is 0.942. The average molecular weight is 364 g/mol. The van der Waals surface area contributed by atoms with Crippen LogP contribution in [0, 0.1) is 0 Å². The molecule has 0 fully saturated rings. The number of ether oxygens (including phenoxy) is 1. The van der Waals surface area contributed by atoms with Crippen molar-refractivity contribution in [1.82, 2.24) is 0 Å². The van der Waals surface area contributed by atoms with Crippen molar-refractivity contribution in [1.29, 1.82) is 0 Å². The molecule has 0 heterocycles. The van der Waals surface area contributed by atoms with E-state index in [4.69, 9.17) is 4.74 Å². The Morgan fingerprint density at radius 2 is 2.00 bits per heavy atom. The third-order valence-electron chi connectivity index (χ3n) is 2.27. The van der Waals surface area contributed by atoms with Gasteiger partial charge in [-0.3, -0.25) is 4.79 Å². The van der Waals surface area contributed by atoms with Gasteiger partial charge in [0.05, 0.1) is 18.0 Å². The lowest BCUT2D eigenvalue weighted by Gasteiger charge is -2.08. The van der Waals surface area contributed by atoms with Gasteiger partial charge < -0.3 is 4.74 Å². The van der Waals surface area contributed by atoms with Crippen molar-refractivity contribution in [2.45, 2.75) is 11.8 Å². The number of Topliss-reactive ketones (excluding diaryl/α,β-unsaturated/α-hetero) is 1. The van der Waals surface area contributed by atoms with Crippen LogP contribution in [0.2, 0.25) is 0 Å². The second kappa shape index (κ2) is 6.91. The summed E-state index contributed by atoms with van der Waals surface area (Å²) < 4.78 is 4.71. The fourth-order valence-electron chi connectivity index (χ4n) is 1.42. The molecule has 1 aromatic carbocycles. The molecule has 0 bridgehead atoms. The fourth-order valence-corrected chi connectivity index (χ4v) is 1.97. The van der Waals surface area contributed by atoms with Crippen LogP contribution in [0.4, 0.5) is 0 Å². The molecule has 0 saturated carbocycles. The molecule has 0 radical (unpaired) electrons. The van der Waals surface area contributed by atoms with Crippen molar-refractivity contribution in [3.05, 3.63) is 34.9 Å². The van der Waals surface area contributed by atoms with Gasteiger partial charge in [-0.2, -0.15) is 0 Å². The van der Waals surface area contributed by atoms with Gasteiger partial charge in [-0.15, -0.1) is 0 Å². The predicted octanol–water partition coefficient (Wildman–Crippen LogP) is 2.87. The van der Waals surface area contributed by atoms with E-state index in [1.165, 1.54) is 7.11 Å². The molecule has 0 unspecified atom stereocenters. The Hall–Kier alpha value is -0.680. The van der Waals surface area contributed by atoms with Crippen molar-refractivity contribution in [2.75, 3.05) is 12.4 Å². The molecule has 17 heavy (non-hydrogen) atoms. The van der Waals surface area contributed by atoms with Crippen molar-refractivity contribution in [3.8, 4) is 0 Å². The van der Waals surface area contributed by atoms with Crippen LogP contribution >= 0.6 is 31.9 Å². The number of alkyl halides is 2. The Morgan fingerprint density at radius 1 is 1.29 bits per heavy atom. The molecule has 0 N–H and O–H groups in total. The summed E-state index contributed by atoms with van der Waals surface area (Å²) in [6.45, 7) is 0. The number of rotatable bonds is 5. The quantitative estimate of drug-likeness (QED) is 0.596. The summed E-state index contributed by atoms with van der Waals surface area (Å²) in [6.07, 6.45) is 0.234. The van der Waals surface area contributed by atoms with Gasteiger partial charge in [0.1, 0.15) is 5.78 Å². The minimum atomic E-state index is -0.412. The van der Waals surface area contributed by atoms with Crippen molar-refractivity contribution < 1.29 is 14.3 Å². The minimum Gasteiger partial charge on any atom is -0.465 e. The number of ketones is 1. The number of hydrogen-bond acceptors (Lipinski definition) is 3. The Balaban J connectivity index is 3.10. The number of esters is 1. The lowest BCUT2D eigenvalue weighted by atomic mass is 10.0. The summed E-state index contributed by atoms with van der Waals surface area (Å²) in [5.41, 5.74) is 2.13. The molecule has 0 aliphatic rings. The number of methoxy groups -OCH3 is 1. The highest BCUT2D eigenvalue weighted by Crippen LogP contribution is 2.16. The maximum atomic E-state index is 11.6. The number of halogens is 2. The standard InChI is InChI=1S/C12H12Br2O3/c1-17-12(16)11-4-8(6-13)2-3-9(11)5-10(15)7-14/h2-4H,5-7H2,1H3. The van der Waals surface area contributed by atoms with Gasteiger partial charge in [0.15, 0.2) is 0 Å². The first-order chi connectivity index (χ1) is 8.12. The van der Waals surface area contributed by atoms with E-state index >= 15 is 0 Å². The molecule has 0 aliphatic carbocycles. The van der Waals surface area contributed by atoms with Crippen LogP contribution in [0.5, 0.6) is 0 Å². The highest BCUT2D eigenvalue weighted by molar-refractivity contribution is 9.09. The maximum Gasteiger partial charge on any atom is 0.338 e. The van der Waals surface area contributed by atoms with Crippen LogP contribution in [0.25, 0.3) is 0 Å². The SMILES string of the molecule is COC(=O)c1cc(CBr)ccc1CC(=O)CBr. The van der Waals surface area contributed by atoms with Crippen LogP contribution in [0.1, 0.15) is 21.5 Å². The Kier molecular flexibility index (Phi) is 5.85. The van der Waals surface area contributed by atoms with Crippen molar-refractivity contribution in [3.63, 3.8) is 0 Å². The number of carbonyl (C=O) groups excluding carboxylic acids is 2. The normalized spacial score (nSPS) is 10.1. The zero-order chi connectivity index (χ0) is 12.8. The first kappa shape index (κ1) is 14.4. The Labute approximate surface area is 117 Å². The summed E-state index contributed by atoms with van der Waals surface area (Å²) in [7, 11) is 1.33. The smallest absolute Gasteiger partial charge is 0.338 e. The zero-order valence-corrected chi connectivity index (χ0v) is 12.5. The molecule has 92 valence electrons. The predicted molar refractivity (Wildman–Crippen MR) is 72.9 cm³/mol. The minimum absolute atomic E-state index is 0.0294. The summed E-state index contributed by atoms with van der Waals surface area (Å²) in [5.74, 6) is -0.382. The van der Waals surface area contributed by atoms with E-state index in [-0.39, 0.29) is 17.5 Å². The van der Waals surface area contributed by atoms with E-state index in [1.54, 1.807) is 12.1 Å². The molecule has 1 rings (SSSR count). The van der Waals surface area contributed by atoms with Gasteiger partial charge in [0, 0.05) is 11.8 Å². The van der Waals surface area contributed by atoms with Crippen LogP contribution in [0.15, 0.2) is 18.2 Å². The van der Waals surface area contributed by atoms with Crippen LogP contribution < -0.4 is 0 Å². The van der Waals surface area contributed by atoms with E-state index in [2.05, 4.69) is 31.9 Å². The van der Waals surface area contributed by atoms with E-state index in [9.17, 15) is 9.59 Å². The average Bonchev–Trinajstić information content (AvgIpc) is 2.38. The van der Waals surface area contributed by atoms with Crippen LogP contribution in [0.3, 0.4) is 0 Å². The van der Waals surface area contributed by atoms with E-state index in [1.807, 2.05) is 6.07 Å². The first-order valence-corrected chi connectivity index (χ1v) is 7.20. The van der Waals surface area contributed by atoms with Crippen LogP contribution in [-0.4, -0.2) is 24.2 Å². The lowest BCUT2D eigenvalue weighted by molar-refractivity contribution is -0.115. The number of benzene rings is 1. The van der Waals surface area contributed by atoms with Gasteiger partial charge >= 0.3 is 5.97 Å². The summed E-state index contributed by atoms with van der Waals surface area (Å²) in [6, 6.07) is 5.43. The van der Waals surface area contributed by atoms with Crippen molar-refractivity contribution >= 4 is 43.6 Å². The molecule has 3 nitrogen and oxygen atoms in total. The maximum absolute atomic E-state index is 11.6. The molecule has 5 heteroatoms. The van der Waals surface area contributed by atoms with Gasteiger partial charge in [-0.1, -0.05) is 44.0 Å². The molecular weight excluding hydrogens is 352 g/mol. The monoisotopic (exact) mass is 362 g/mol. The molecule has 1 aromatic rings. The third kappa shape index (κ3) is 3.92. The second-order valence-corrected chi connectivity index (χ2v) is 4.59. The van der Waals surface area contributed by atoms with Gasteiger partial charge in [-0.05, 0) is 17.2 Å².